The first kappa shape index (κ1) is 17.6. The first-order valence-corrected chi connectivity index (χ1v) is 9.68. The van der Waals surface area contributed by atoms with E-state index in [-0.39, 0.29) is 5.56 Å². The summed E-state index contributed by atoms with van der Waals surface area (Å²) in [5, 5.41) is 4.95. The molecule has 1 fully saturated rings. The molecule has 7 nitrogen and oxygen atoms in total. The quantitative estimate of drug-likeness (QED) is 0.541. The number of hydrogen-bond acceptors (Lipinski definition) is 5. The highest BCUT2D eigenvalue weighted by molar-refractivity contribution is 5.77. The summed E-state index contributed by atoms with van der Waals surface area (Å²) in [4.78, 5) is 20.6. The van der Waals surface area contributed by atoms with Crippen molar-refractivity contribution in [2.45, 2.75) is 6.92 Å². The third kappa shape index (κ3) is 3.09. The van der Waals surface area contributed by atoms with Gasteiger partial charge < -0.3 is 9.64 Å². The monoisotopic (exact) mass is 387 g/mol. The Balaban J connectivity index is 1.78. The molecule has 0 radical (unpaired) electrons. The van der Waals surface area contributed by atoms with Gasteiger partial charge >= 0.3 is 0 Å². The molecule has 2 aromatic carbocycles. The van der Waals surface area contributed by atoms with E-state index in [9.17, 15) is 4.79 Å². The molecule has 3 heterocycles. The normalized spacial score (nSPS) is 14.4. The molecule has 146 valence electrons. The zero-order valence-corrected chi connectivity index (χ0v) is 16.2. The molecular weight excluding hydrogens is 366 g/mol. The lowest BCUT2D eigenvalue weighted by Crippen LogP contribution is -2.40. The zero-order chi connectivity index (χ0) is 19.8. The maximum Gasteiger partial charge on any atom is 0.270 e. The lowest BCUT2D eigenvalue weighted by molar-refractivity contribution is 0.122. The average Bonchev–Trinajstić information content (AvgIpc) is 3.20. The lowest BCUT2D eigenvalue weighted by Gasteiger charge is -2.29. The van der Waals surface area contributed by atoms with Crippen LogP contribution in [0.1, 0.15) is 5.56 Å². The largest absolute Gasteiger partial charge is 0.378 e. The summed E-state index contributed by atoms with van der Waals surface area (Å²) in [7, 11) is 0. The molecule has 0 saturated carbocycles. The Morgan fingerprint density at radius 2 is 1.66 bits per heavy atom. The summed E-state index contributed by atoms with van der Waals surface area (Å²) in [5.74, 6) is 0.618. The van der Waals surface area contributed by atoms with Crippen LogP contribution in [-0.2, 0) is 4.74 Å². The Morgan fingerprint density at radius 1 is 0.931 bits per heavy atom. The van der Waals surface area contributed by atoms with Gasteiger partial charge in [0.05, 0.1) is 30.8 Å². The molecule has 0 atom stereocenters. The minimum absolute atomic E-state index is 0.123. The summed E-state index contributed by atoms with van der Waals surface area (Å²) in [5.41, 5.74) is 3.24. The molecular formula is C22H21N5O2. The van der Waals surface area contributed by atoms with Crippen LogP contribution >= 0.6 is 0 Å². The number of hydrogen-bond donors (Lipinski definition) is 0. The van der Waals surface area contributed by atoms with Crippen LogP contribution in [0.25, 0.3) is 22.4 Å². The third-order valence-corrected chi connectivity index (χ3v) is 5.17. The fourth-order valence-corrected chi connectivity index (χ4v) is 3.62. The van der Waals surface area contributed by atoms with E-state index in [4.69, 9.17) is 9.72 Å². The van der Waals surface area contributed by atoms with Gasteiger partial charge in [-0.3, -0.25) is 4.79 Å². The van der Waals surface area contributed by atoms with Crippen LogP contribution < -0.4 is 10.5 Å². The standard InChI is InChI=1S/C22H21N5O2/c1-16-7-9-17(10-8-16)26-21(28)19-15-23-27(18-5-3-2-4-6-18)20(19)24-22(26)25-11-13-29-14-12-25/h2-10,15H,11-14H2,1H3. The van der Waals surface area contributed by atoms with Crippen LogP contribution in [-0.4, -0.2) is 45.6 Å². The number of benzene rings is 2. The van der Waals surface area contributed by atoms with Crippen LogP contribution in [0.5, 0.6) is 0 Å². The molecule has 0 unspecified atom stereocenters. The van der Waals surface area contributed by atoms with Crippen molar-refractivity contribution in [3.05, 3.63) is 76.7 Å². The van der Waals surface area contributed by atoms with E-state index in [2.05, 4.69) is 10.00 Å². The van der Waals surface area contributed by atoms with Gasteiger partial charge in [-0.2, -0.15) is 10.1 Å². The van der Waals surface area contributed by atoms with Crippen molar-refractivity contribution in [2.75, 3.05) is 31.2 Å². The molecule has 1 saturated heterocycles. The van der Waals surface area contributed by atoms with Crippen molar-refractivity contribution in [1.29, 1.82) is 0 Å². The van der Waals surface area contributed by atoms with E-state index in [0.29, 0.717) is 43.3 Å². The maximum absolute atomic E-state index is 13.5. The van der Waals surface area contributed by atoms with Crippen molar-refractivity contribution < 1.29 is 4.74 Å². The minimum atomic E-state index is -0.123. The van der Waals surface area contributed by atoms with Gasteiger partial charge in [0.25, 0.3) is 5.56 Å². The van der Waals surface area contributed by atoms with Crippen molar-refractivity contribution in [1.82, 2.24) is 19.3 Å². The van der Waals surface area contributed by atoms with Crippen LogP contribution in [0.2, 0.25) is 0 Å². The Labute approximate surface area is 167 Å². The topological polar surface area (TPSA) is 65.2 Å². The highest BCUT2D eigenvalue weighted by Gasteiger charge is 2.22. The lowest BCUT2D eigenvalue weighted by atomic mass is 10.2. The van der Waals surface area contributed by atoms with Gasteiger partial charge in [-0.05, 0) is 31.2 Å². The number of ether oxygens (including phenoxy) is 1. The first-order valence-electron chi connectivity index (χ1n) is 9.68. The van der Waals surface area contributed by atoms with Gasteiger partial charge in [0.2, 0.25) is 5.95 Å². The van der Waals surface area contributed by atoms with Gasteiger partial charge in [-0.15, -0.1) is 0 Å². The summed E-state index contributed by atoms with van der Waals surface area (Å²) in [6, 6.07) is 17.7. The third-order valence-electron chi connectivity index (χ3n) is 5.17. The molecule has 0 N–H and O–H groups in total. The van der Waals surface area contributed by atoms with Gasteiger partial charge in [-0.1, -0.05) is 35.9 Å². The number of aromatic nitrogens is 4. The highest BCUT2D eigenvalue weighted by atomic mass is 16.5. The average molecular weight is 387 g/mol. The summed E-state index contributed by atoms with van der Waals surface area (Å²) in [6.07, 6.45) is 1.60. The highest BCUT2D eigenvalue weighted by Crippen LogP contribution is 2.22. The van der Waals surface area contributed by atoms with Crippen LogP contribution in [0.4, 0.5) is 5.95 Å². The molecule has 1 aliphatic rings. The molecule has 0 aliphatic carbocycles. The predicted molar refractivity (Wildman–Crippen MR) is 112 cm³/mol. The number of rotatable bonds is 3. The van der Waals surface area contributed by atoms with Gasteiger partial charge in [0.15, 0.2) is 5.65 Å². The van der Waals surface area contributed by atoms with Crippen molar-refractivity contribution in [3.63, 3.8) is 0 Å². The maximum atomic E-state index is 13.5. The van der Waals surface area contributed by atoms with Crippen LogP contribution in [0.3, 0.4) is 0 Å². The SMILES string of the molecule is Cc1ccc(-n2c(N3CCOCC3)nc3c(cnn3-c3ccccc3)c2=O)cc1. The molecule has 7 heteroatoms. The molecule has 2 aromatic heterocycles. The predicted octanol–water partition coefficient (Wildman–Crippen LogP) is 2.72. The fraction of sp³-hybridized carbons (Fsp3) is 0.227. The second kappa shape index (κ2) is 7.18. The molecule has 1 aliphatic heterocycles. The molecule has 4 aromatic rings. The molecule has 29 heavy (non-hydrogen) atoms. The molecule has 5 rings (SSSR count). The van der Waals surface area contributed by atoms with Gasteiger partial charge in [-0.25, -0.2) is 9.25 Å². The van der Waals surface area contributed by atoms with E-state index < -0.39 is 0 Å². The van der Waals surface area contributed by atoms with E-state index in [1.165, 1.54) is 0 Å². The zero-order valence-electron chi connectivity index (χ0n) is 16.2. The van der Waals surface area contributed by atoms with E-state index in [1.807, 2.05) is 61.5 Å². The Kier molecular flexibility index (Phi) is 4.37. The Bertz CT molecular complexity index is 1210. The number of nitrogens with zero attached hydrogens (tertiary/aromatic N) is 5. The molecule has 0 bridgehead atoms. The van der Waals surface area contributed by atoms with Gasteiger partial charge in [0.1, 0.15) is 5.39 Å². The first-order chi connectivity index (χ1) is 14.2. The minimum Gasteiger partial charge on any atom is -0.378 e. The number of para-hydroxylation sites is 1. The summed E-state index contributed by atoms with van der Waals surface area (Å²) < 4.78 is 8.91. The second-order valence-electron chi connectivity index (χ2n) is 7.12. The Hall–Kier alpha value is -3.45. The van der Waals surface area contributed by atoms with E-state index >= 15 is 0 Å². The Morgan fingerprint density at radius 3 is 2.38 bits per heavy atom. The van der Waals surface area contributed by atoms with Crippen LogP contribution in [0.15, 0.2) is 65.6 Å². The number of aryl methyl sites for hydroxylation is 1. The van der Waals surface area contributed by atoms with Crippen molar-refractivity contribution >= 4 is 17.0 Å². The van der Waals surface area contributed by atoms with Gasteiger partial charge in [0, 0.05) is 13.1 Å². The van der Waals surface area contributed by atoms with Crippen molar-refractivity contribution in [3.8, 4) is 11.4 Å². The van der Waals surface area contributed by atoms with E-state index in [0.717, 1.165) is 16.9 Å². The smallest absolute Gasteiger partial charge is 0.270 e. The fourth-order valence-electron chi connectivity index (χ4n) is 3.62. The second-order valence-corrected chi connectivity index (χ2v) is 7.12. The number of anilines is 1. The molecule has 0 spiro atoms. The molecule has 0 amide bonds. The van der Waals surface area contributed by atoms with E-state index in [1.54, 1.807) is 15.4 Å². The summed E-state index contributed by atoms with van der Waals surface area (Å²) >= 11 is 0. The summed E-state index contributed by atoms with van der Waals surface area (Å²) in [6.45, 7) is 4.62. The van der Waals surface area contributed by atoms with Crippen LogP contribution in [0, 0.1) is 6.92 Å². The number of fused-ring (bicyclic) bond motifs is 1. The van der Waals surface area contributed by atoms with Crippen molar-refractivity contribution in [2.24, 2.45) is 0 Å². The number of morpholine rings is 1.